The Morgan fingerprint density at radius 1 is 1.18 bits per heavy atom. The zero-order valence-electron chi connectivity index (χ0n) is 16.8. The van der Waals surface area contributed by atoms with Crippen molar-refractivity contribution in [3.63, 3.8) is 0 Å². The molecule has 148 valence electrons. The van der Waals surface area contributed by atoms with E-state index in [9.17, 15) is 9.59 Å². The Balaban J connectivity index is 1.56. The zero-order chi connectivity index (χ0) is 20.1. The van der Waals surface area contributed by atoms with Gasteiger partial charge in [0, 0.05) is 62.4 Å². The van der Waals surface area contributed by atoms with Crippen molar-refractivity contribution in [2.24, 2.45) is 18.4 Å². The number of carbonyl (C=O) groups is 2. The summed E-state index contributed by atoms with van der Waals surface area (Å²) in [6.07, 6.45) is 3.32. The molecule has 2 amide bonds. The van der Waals surface area contributed by atoms with Gasteiger partial charge >= 0.3 is 0 Å². The summed E-state index contributed by atoms with van der Waals surface area (Å²) in [5.41, 5.74) is 1.32. The molecule has 1 spiro atoms. The van der Waals surface area contributed by atoms with Crippen LogP contribution in [0.4, 0.5) is 0 Å². The van der Waals surface area contributed by atoms with E-state index in [4.69, 9.17) is 0 Å². The van der Waals surface area contributed by atoms with Gasteiger partial charge in [0.15, 0.2) is 0 Å². The summed E-state index contributed by atoms with van der Waals surface area (Å²) >= 11 is 0. The topological polar surface area (TPSA) is 84.2 Å². The number of pyridine rings is 1. The maximum atomic E-state index is 12.8. The highest BCUT2D eigenvalue weighted by molar-refractivity contribution is 5.94. The fourth-order valence-corrected chi connectivity index (χ4v) is 4.42. The average Bonchev–Trinajstić information content (AvgIpc) is 3.23. The number of likely N-dealkylation sites (tertiary alicyclic amines) is 2. The first-order valence-corrected chi connectivity index (χ1v) is 9.65. The fraction of sp³-hybridized carbons (Fsp3) is 0.550. The third-order valence-corrected chi connectivity index (χ3v) is 5.97. The molecule has 0 saturated carbocycles. The third-order valence-electron chi connectivity index (χ3n) is 5.97. The molecule has 0 radical (unpaired) electrons. The Hall–Kier alpha value is -2.77. The van der Waals surface area contributed by atoms with Crippen molar-refractivity contribution in [1.82, 2.24) is 29.5 Å². The highest BCUT2D eigenvalue weighted by Gasteiger charge is 2.58. The van der Waals surface area contributed by atoms with Gasteiger partial charge in [0.2, 0.25) is 5.91 Å². The summed E-state index contributed by atoms with van der Waals surface area (Å²) < 4.78 is 1.92. The molecule has 1 atom stereocenters. The molecule has 8 heteroatoms. The van der Waals surface area contributed by atoms with Crippen LogP contribution in [0.5, 0.6) is 0 Å². The van der Waals surface area contributed by atoms with Crippen molar-refractivity contribution in [3.05, 3.63) is 41.7 Å². The van der Waals surface area contributed by atoms with E-state index in [1.165, 1.54) is 0 Å². The van der Waals surface area contributed by atoms with Crippen molar-refractivity contribution in [1.29, 1.82) is 0 Å². The SMILES string of the molecule is Cc1ccc(C(=O)N2CC3(C2)CN(C(=O)C(C)C)CC3c2nncn2C)cn1. The second-order valence-corrected chi connectivity index (χ2v) is 8.44. The maximum Gasteiger partial charge on any atom is 0.255 e. The Labute approximate surface area is 164 Å². The molecule has 2 aliphatic heterocycles. The van der Waals surface area contributed by atoms with Gasteiger partial charge in [-0.1, -0.05) is 13.8 Å². The molecule has 1 unspecified atom stereocenters. The van der Waals surface area contributed by atoms with E-state index in [0.717, 1.165) is 11.5 Å². The number of aromatic nitrogens is 4. The zero-order valence-corrected chi connectivity index (χ0v) is 16.8. The molecule has 8 nitrogen and oxygen atoms in total. The molecular formula is C20H26N6O2. The van der Waals surface area contributed by atoms with Gasteiger partial charge in [0.25, 0.3) is 5.91 Å². The highest BCUT2D eigenvalue weighted by Crippen LogP contribution is 2.49. The minimum absolute atomic E-state index is 0.0107. The van der Waals surface area contributed by atoms with Crippen LogP contribution < -0.4 is 0 Å². The largest absolute Gasteiger partial charge is 0.341 e. The molecule has 2 aromatic heterocycles. The Kier molecular flexibility index (Phi) is 4.44. The van der Waals surface area contributed by atoms with Crippen molar-refractivity contribution >= 4 is 11.8 Å². The molecule has 2 aromatic rings. The molecule has 0 aromatic carbocycles. The lowest BCUT2D eigenvalue weighted by Crippen LogP contribution is -2.61. The normalized spacial score (nSPS) is 20.7. The van der Waals surface area contributed by atoms with Gasteiger partial charge in [0.05, 0.1) is 5.56 Å². The Morgan fingerprint density at radius 3 is 2.46 bits per heavy atom. The quantitative estimate of drug-likeness (QED) is 0.798. The van der Waals surface area contributed by atoms with Crippen LogP contribution in [0.2, 0.25) is 0 Å². The van der Waals surface area contributed by atoms with Crippen molar-refractivity contribution in [2.45, 2.75) is 26.7 Å². The highest BCUT2D eigenvalue weighted by atomic mass is 16.2. The van der Waals surface area contributed by atoms with Crippen LogP contribution in [0.25, 0.3) is 0 Å². The van der Waals surface area contributed by atoms with Crippen LogP contribution in [-0.4, -0.2) is 67.5 Å². The van der Waals surface area contributed by atoms with Crippen molar-refractivity contribution in [2.75, 3.05) is 26.2 Å². The lowest BCUT2D eigenvalue weighted by molar-refractivity contribution is -0.134. The van der Waals surface area contributed by atoms with Gasteiger partial charge in [-0.25, -0.2) is 0 Å². The molecule has 2 aliphatic rings. The lowest BCUT2D eigenvalue weighted by atomic mass is 9.71. The number of nitrogens with zero attached hydrogens (tertiary/aromatic N) is 6. The van der Waals surface area contributed by atoms with Crippen LogP contribution in [-0.2, 0) is 11.8 Å². The minimum Gasteiger partial charge on any atom is -0.341 e. The van der Waals surface area contributed by atoms with E-state index in [-0.39, 0.29) is 29.1 Å². The van der Waals surface area contributed by atoms with E-state index < -0.39 is 0 Å². The van der Waals surface area contributed by atoms with E-state index in [2.05, 4.69) is 15.2 Å². The fourth-order valence-electron chi connectivity index (χ4n) is 4.42. The summed E-state index contributed by atoms with van der Waals surface area (Å²) in [5, 5.41) is 8.34. The van der Waals surface area contributed by atoms with Gasteiger partial charge in [-0.3, -0.25) is 14.6 Å². The summed E-state index contributed by atoms with van der Waals surface area (Å²) in [4.78, 5) is 33.5. The van der Waals surface area contributed by atoms with Gasteiger partial charge in [0.1, 0.15) is 12.2 Å². The molecule has 2 saturated heterocycles. The molecule has 4 rings (SSSR count). The lowest BCUT2D eigenvalue weighted by Gasteiger charge is -2.50. The van der Waals surface area contributed by atoms with Crippen LogP contribution in [0, 0.1) is 18.3 Å². The summed E-state index contributed by atoms with van der Waals surface area (Å²) in [6, 6.07) is 3.67. The standard InChI is InChI=1S/C20H26N6O2/c1-13(2)18(27)25-8-16(17-23-22-12-24(17)4)20(9-25)10-26(11-20)19(28)15-6-5-14(3)21-7-15/h5-7,12-13,16H,8-11H2,1-4H3. The average molecular weight is 382 g/mol. The number of hydrogen-bond donors (Lipinski definition) is 0. The van der Waals surface area contributed by atoms with Crippen LogP contribution in [0.15, 0.2) is 24.7 Å². The van der Waals surface area contributed by atoms with E-state index in [0.29, 0.717) is 31.7 Å². The molecule has 4 heterocycles. The summed E-state index contributed by atoms with van der Waals surface area (Å²) in [6.45, 7) is 8.24. The van der Waals surface area contributed by atoms with Crippen molar-refractivity contribution < 1.29 is 9.59 Å². The monoisotopic (exact) mass is 382 g/mol. The first-order chi connectivity index (χ1) is 13.3. The van der Waals surface area contributed by atoms with Gasteiger partial charge < -0.3 is 14.4 Å². The Bertz CT molecular complexity index is 898. The van der Waals surface area contributed by atoms with E-state index in [1.54, 1.807) is 12.5 Å². The Morgan fingerprint density at radius 2 is 1.89 bits per heavy atom. The molecule has 0 N–H and O–H groups in total. The van der Waals surface area contributed by atoms with Crippen LogP contribution in [0.1, 0.15) is 41.6 Å². The van der Waals surface area contributed by atoms with Crippen molar-refractivity contribution in [3.8, 4) is 0 Å². The molecule has 0 bridgehead atoms. The second kappa shape index (κ2) is 6.68. The van der Waals surface area contributed by atoms with Gasteiger partial charge in [-0.05, 0) is 19.1 Å². The summed E-state index contributed by atoms with van der Waals surface area (Å²) in [5.74, 6) is 1.04. The molecule has 28 heavy (non-hydrogen) atoms. The minimum atomic E-state index is -0.168. The number of rotatable bonds is 3. The van der Waals surface area contributed by atoms with Crippen LogP contribution in [0.3, 0.4) is 0 Å². The second-order valence-electron chi connectivity index (χ2n) is 8.44. The molecule has 0 aliphatic carbocycles. The smallest absolute Gasteiger partial charge is 0.255 e. The van der Waals surface area contributed by atoms with Gasteiger partial charge in [-0.15, -0.1) is 10.2 Å². The number of aryl methyl sites for hydroxylation is 2. The van der Waals surface area contributed by atoms with E-state index in [1.807, 2.05) is 54.3 Å². The van der Waals surface area contributed by atoms with Crippen LogP contribution >= 0.6 is 0 Å². The first kappa shape index (κ1) is 18.6. The number of amides is 2. The predicted octanol–water partition coefficient (Wildman–Crippen LogP) is 1.24. The maximum absolute atomic E-state index is 12.8. The molecule has 2 fully saturated rings. The number of carbonyl (C=O) groups excluding carboxylic acids is 2. The van der Waals surface area contributed by atoms with E-state index >= 15 is 0 Å². The predicted molar refractivity (Wildman–Crippen MR) is 102 cm³/mol. The first-order valence-electron chi connectivity index (χ1n) is 9.65. The molecular weight excluding hydrogens is 356 g/mol. The third kappa shape index (κ3) is 2.96. The van der Waals surface area contributed by atoms with Gasteiger partial charge in [-0.2, -0.15) is 0 Å². The number of hydrogen-bond acceptors (Lipinski definition) is 5. The summed E-state index contributed by atoms with van der Waals surface area (Å²) in [7, 11) is 1.93.